The lowest BCUT2D eigenvalue weighted by Crippen LogP contribution is -2.01. The quantitative estimate of drug-likeness (QED) is 0.540. The number of rotatable bonds is 9. The molecule has 1 N–H and O–H groups in total. The molecule has 0 saturated heterocycles. The Morgan fingerprint density at radius 3 is 2.11 bits per heavy atom. The van der Waals surface area contributed by atoms with Crippen LogP contribution in [0.25, 0.3) is 0 Å². The summed E-state index contributed by atoms with van der Waals surface area (Å²) in [5, 5.41) is 9.70. The third-order valence-corrected chi connectivity index (χ3v) is 3.18. The minimum atomic E-state index is -0.257. The van der Waals surface area contributed by atoms with Crippen molar-refractivity contribution < 1.29 is 5.11 Å². The van der Waals surface area contributed by atoms with E-state index in [0.29, 0.717) is 0 Å². The molecule has 0 aromatic heterocycles. The van der Waals surface area contributed by atoms with E-state index in [-0.39, 0.29) is 6.10 Å². The Balaban J connectivity index is 3.96. The SMILES string of the molecule is CCC[C@@H](O)/C=C(\C)CC/C=C(\C)CCC=C(C)C. The van der Waals surface area contributed by atoms with Crippen molar-refractivity contribution in [2.24, 2.45) is 0 Å². The lowest BCUT2D eigenvalue weighted by molar-refractivity contribution is 0.210. The Hall–Kier alpha value is -0.820. The normalized spacial score (nSPS) is 14.4. The number of allylic oxidation sites excluding steroid dienone is 5. The summed E-state index contributed by atoms with van der Waals surface area (Å²) in [6, 6.07) is 0. The highest BCUT2D eigenvalue weighted by atomic mass is 16.3. The Labute approximate surface area is 120 Å². The third-order valence-electron chi connectivity index (χ3n) is 3.18. The first-order valence-corrected chi connectivity index (χ1v) is 7.60. The van der Waals surface area contributed by atoms with Crippen LogP contribution in [0.15, 0.2) is 34.9 Å². The van der Waals surface area contributed by atoms with Crippen molar-refractivity contribution in [3.63, 3.8) is 0 Å². The van der Waals surface area contributed by atoms with Gasteiger partial charge in [-0.15, -0.1) is 0 Å². The van der Waals surface area contributed by atoms with E-state index in [9.17, 15) is 5.11 Å². The van der Waals surface area contributed by atoms with Crippen LogP contribution >= 0.6 is 0 Å². The molecule has 0 saturated carbocycles. The van der Waals surface area contributed by atoms with E-state index in [1.807, 2.05) is 6.08 Å². The van der Waals surface area contributed by atoms with Crippen molar-refractivity contribution in [1.82, 2.24) is 0 Å². The molecule has 0 amide bonds. The molecule has 0 fully saturated rings. The first-order valence-electron chi connectivity index (χ1n) is 7.60. The fourth-order valence-electron chi connectivity index (χ4n) is 2.03. The van der Waals surface area contributed by atoms with Crippen molar-refractivity contribution in [3.05, 3.63) is 34.9 Å². The fourth-order valence-corrected chi connectivity index (χ4v) is 2.03. The maximum absolute atomic E-state index is 9.70. The Bertz CT molecular complexity index is 317. The summed E-state index contributed by atoms with van der Waals surface area (Å²) >= 11 is 0. The predicted molar refractivity (Wildman–Crippen MR) is 86.3 cm³/mol. The van der Waals surface area contributed by atoms with Crippen LogP contribution in [0, 0.1) is 0 Å². The molecule has 0 aliphatic rings. The average Bonchev–Trinajstić information content (AvgIpc) is 2.28. The van der Waals surface area contributed by atoms with E-state index in [0.717, 1.165) is 38.5 Å². The van der Waals surface area contributed by atoms with Crippen molar-refractivity contribution in [2.75, 3.05) is 0 Å². The zero-order valence-electron chi connectivity index (χ0n) is 13.5. The molecule has 1 nitrogen and oxygen atoms in total. The minimum absolute atomic E-state index is 0.257. The van der Waals surface area contributed by atoms with Gasteiger partial charge in [-0.3, -0.25) is 0 Å². The van der Waals surface area contributed by atoms with E-state index < -0.39 is 0 Å². The van der Waals surface area contributed by atoms with Gasteiger partial charge in [-0.2, -0.15) is 0 Å². The molecule has 0 aromatic rings. The molecule has 0 aromatic carbocycles. The smallest absolute Gasteiger partial charge is 0.0723 e. The van der Waals surface area contributed by atoms with E-state index in [4.69, 9.17) is 0 Å². The van der Waals surface area contributed by atoms with Crippen LogP contribution in [0.2, 0.25) is 0 Å². The van der Waals surface area contributed by atoms with Gasteiger partial charge in [-0.1, -0.05) is 48.3 Å². The molecular formula is C18H32O. The lowest BCUT2D eigenvalue weighted by Gasteiger charge is -2.06. The lowest BCUT2D eigenvalue weighted by atomic mass is 10.0. The summed E-state index contributed by atoms with van der Waals surface area (Å²) in [6.45, 7) is 10.7. The molecule has 0 aliphatic heterocycles. The first kappa shape index (κ1) is 18.2. The van der Waals surface area contributed by atoms with Gasteiger partial charge in [-0.25, -0.2) is 0 Å². The van der Waals surface area contributed by atoms with Crippen molar-refractivity contribution in [1.29, 1.82) is 0 Å². The number of hydrogen-bond acceptors (Lipinski definition) is 1. The van der Waals surface area contributed by atoms with Gasteiger partial charge in [0.05, 0.1) is 6.10 Å². The van der Waals surface area contributed by atoms with Crippen LogP contribution in [0.5, 0.6) is 0 Å². The maximum Gasteiger partial charge on any atom is 0.0723 e. The molecule has 19 heavy (non-hydrogen) atoms. The molecule has 0 unspecified atom stereocenters. The van der Waals surface area contributed by atoms with E-state index in [2.05, 4.69) is 46.8 Å². The van der Waals surface area contributed by atoms with Gasteiger partial charge in [0.2, 0.25) is 0 Å². The van der Waals surface area contributed by atoms with Gasteiger partial charge in [0.15, 0.2) is 0 Å². The van der Waals surface area contributed by atoms with E-state index in [1.54, 1.807) is 0 Å². The van der Waals surface area contributed by atoms with E-state index >= 15 is 0 Å². The second-order valence-corrected chi connectivity index (χ2v) is 5.78. The van der Waals surface area contributed by atoms with Gasteiger partial charge >= 0.3 is 0 Å². The average molecular weight is 264 g/mol. The van der Waals surface area contributed by atoms with Crippen molar-refractivity contribution >= 4 is 0 Å². The number of hydrogen-bond donors (Lipinski definition) is 1. The summed E-state index contributed by atoms with van der Waals surface area (Å²) in [7, 11) is 0. The van der Waals surface area contributed by atoms with Crippen molar-refractivity contribution in [3.8, 4) is 0 Å². The van der Waals surface area contributed by atoms with Crippen LogP contribution in [0.4, 0.5) is 0 Å². The largest absolute Gasteiger partial charge is 0.389 e. The van der Waals surface area contributed by atoms with Gasteiger partial charge < -0.3 is 5.11 Å². The van der Waals surface area contributed by atoms with E-state index in [1.165, 1.54) is 16.7 Å². The first-order chi connectivity index (χ1) is 8.95. The van der Waals surface area contributed by atoms with Gasteiger partial charge in [-0.05, 0) is 59.8 Å². The van der Waals surface area contributed by atoms with Crippen LogP contribution in [-0.4, -0.2) is 11.2 Å². The summed E-state index contributed by atoms with van der Waals surface area (Å²) < 4.78 is 0. The Kier molecular flexibility index (Phi) is 10.6. The summed E-state index contributed by atoms with van der Waals surface area (Å²) in [4.78, 5) is 0. The highest BCUT2D eigenvalue weighted by molar-refractivity contribution is 5.06. The monoisotopic (exact) mass is 264 g/mol. The third kappa shape index (κ3) is 12.0. The zero-order chi connectivity index (χ0) is 14.7. The molecule has 0 rings (SSSR count). The van der Waals surface area contributed by atoms with Crippen LogP contribution in [0.1, 0.15) is 73.1 Å². The molecule has 1 atom stereocenters. The van der Waals surface area contributed by atoms with Gasteiger partial charge in [0, 0.05) is 0 Å². The summed E-state index contributed by atoms with van der Waals surface area (Å²) in [5.74, 6) is 0. The molecule has 0 bridgehead atoms. The standard InChI is InChI=1S/C18H32O/c1-6-9-18(19)14-17(5)13-8-12-16(4)11-7-10-15(2)3/h10,12,14,18-19H,6-9,11,13H2,1-5H3/b16-12+,17-14+/t18-/m1/s1. The molecule has 0 spiro atoms. The molecule has 0 radical (unpaired) electrons. The fraction of sp³-hybridized carbons (Fsp3) is 0.667. The second-order valence-electron chi connectivity index (χ2n) is 5.78. The Morgan fingerprint density at radius 2 is 1.53 bits per heavy atom. The second kappa shape index (κ2) is 11.0. The van der Waals surface area contributed by atoms with Crippen molar-refractivity contribution in [2.45, 2.75) is 79.2 Å². The highest BCUT2D eigenvalue weighted by Crippen LogP contribution is 2.12. The zero-order valence-corrected chi connectivity index (χ0v) is 13.5. The summed E-state index contributed by atoms with van der Waals surface area (Å²) in [5.41, 5.74) is 4.17. The van der Waals surface area contributed by atoms with Crippen LogP contribution < -0.4 is 0 Å². The van der Waals surface area contributed by atoms with Gasteiger partial charge in [0.1, 0.15) is 0 Å². The Morgan fingerprint density at radius 1 is 0.947 bits per heavy atom. The van der Waals surface area contributed by atoms with Crippen LogP contribution in [-0.2, 0) is 0 Å². The molecule has 110 valence electrons. The predicted octanol–water partition coefficient (Wildman–Crippen LogP) is 5.57. The molecular weight excluding hydrogens is 232 g/mol. The number of aliphatic hydroxyl groups is 1. The topological polar surface area (TPSA) is 20.2 Å². The van der Waals surface area contributed by atoms with Gasteiger partial charge in [0.25, 0.3) is 0 Å². The minimum Gasteiger partial charge on any atom is -0.389 e. The maximum atomic E-state index is 9.70. The summed E-state index contributed by atoms with van der Waals surface area (Å²) in [6.07, 6.45) is 12.7. The highest BCUT2D eigenvalue weighted by Gasteiger charge is 1.98. The molecule has 0 aliphatic carbocycles. The van der Waals surface area contributed by atoms with Crippen LogP contribution in [0.3, 0.4) is 0 Å². The molecule has 0 heterocycles. The number of aliphatic hydroxyl groups excluding tert-OH is 1. The molecule has 1 heteroatoms.